The van der Waals surface area contributed by atoms with Crippen LogP contribution in [-0.2, 0) is 0 Å². The molecule has 1 aromatic heterocycles. The minimum atomic E-state index is 1.10. The van der Waals surface area contributed by atoms with Crippen LogP contribution in [-0.4, -0.2) is 11.7 Å². The van der Waals surface area contributed by atoms with E-state index in [2.05, 4.69) is 59.7 Å². The molecule has 0 fully saturated rings. The highest BCUT2D eigenvalue weighted by atomic mass is 15.4. The van der Waals surface area contributed by atoms with Gasteiger partial charge in [0, 0.05) is 23.4 Å². The van der Waals surface area contributed by atoms with Gasteiger partial charge in [-0.1, -0.05) is 55.6 Å². The van der Waals surface area contributed by atoms with Gasteiger partial charge in [-0.15, -0.1) is 0 Å². The van der Waals surface area contributed by atoms with Crippen molar-refractivity contribution in [2.45, 2.75) is 0 Å². The van der Waals surface area contributed by atoms with Crippen LogP contribution in [0.5, 0.6) is 0 Å². The number of aromatic nitrogens is 1. The fourth-order valence-electron chi connectivity index (χ4n) is 2.72. The fourth-order valence-corrected chi connectivity index (χ4v) is 2.72. The first-order chi connectivity index (χ1) is 9.31. The molecule has 0 unspecified atom stereocenters. The predicted molar refractivity (Wildman–Crippen MR) is 84.9 cm³/mol. The van der Waals surface area contributed by atoms with Gasteiger partial charge < -0.3 is 5.43 Å². The average molecular weight is 248 g/mol. The smallest absolute Gasteiger partial charge is 0.0783 e. The maximum Gasteiger partial charge on any atom is 0.0783 e. The monoisotopic (exact) mass is 248 g/mol. The summed E-state index contributed by atoms with van der Waals surface area (Å²) in [5.74, 6) is 0. The third-order valence-corrected chi connectivity index (χ3v) is 3.56. The Kier molecular flexibility index (Phi) is 2.64. The Morgan fingerprint density at radius 1 is 1.00 bits per heavy atom. The lowest BCUT2D eigenvalue weighted by atomic mass is 10.0. The minimum absolute atomic E-state index is 1.10. The van der Waals surface area contributed by atoms with E-state index in [-0.39, 0.29) is 0 Å². The molecule has 0 saturated carbocycles. The summed E-state index contributed by atoms with van der Waals surface area (Å²) in [5.41, 5.74) is 7.78. The van der Waals surface area contributed by atoms with Crippen molar-refractivity contribution in [2.75, 3.05) is 12.5 Å². The average Bonchev–Trinajstić information content (AvgIpc) is 2.80. The lowest BCUT2D eigenvalue weighted by Gasteiger charge is -2.09. The number of nitrogens with zero attached hydrogens (tertiary/aromatic N) is 1. The van der Waals surface area contributed by atoms with Crippen LogP contribution in [0.3, 0.4) is 0 Å². The van der Waals surface area contributed by atoms with E-state index in [0.29, 0.717) is 0 Å². The van der Waals surface area contributed by atoms with Gasteiger partial charge in [-0.05, 0) is 11.6 Å². The van der Waals surface area contributed by atoms with Crippen molar-refractivity contribution >= 4 is 34.0 Å². The van der Waals surface area contributed by atoms with Gasteiger partial charge in [0.1, 0.15) is 0 Å². The molecule has 1 heterocycles. The normalized spacial score (nSPS) is 10.8. The molecule has 0 aliphatic rings. The molecular formula is C17H16N2. The third kappa shape index (κ3) is 1.50. The van der Waals surface area contributed by atoms with Crippen molar-refractivity contribution in [1.29, 1.82) is 0 Å². The largest absolute Gasteiger partial charge is 0.328 e. The minimum Gasteiger partial charge on any atom is -0.328 e. The quantitative estimate of drug-likeness (QED) is 0.733. The first-order valence-electron chi connectivity index (χ1n) is 6.30. The molecule has 2 aromatic carbocycles. The summed E-state index contributed by atoms with van der Waals surface area (Å²) in [6.07, 6.45) is 3.76. The molecule has 3 aromatic rings. The number of nitrogens with one attached hydrogen (secondary N) is 1. The highest BCUT2D eigenvalue weighted by Gasteiger charge is 2.13. The molecule has 2 nitrogen and oxygen atoms in total. The van der Waals surface area contributed by atoms with Gasteiger partial charge in [-0.25, -0.2) is 0 Å². The highest BCUT2D eigenvalue weighted by molar-refractivity contribution is 6.11. The molecule has 0 radical (unpaired) electrons. The first kappa shape index (κ1) is 11.6. The number of para-hydroxylation sites is 1. The topological polar surface area (TPSA) is 17.0 Å². The van der Waals surface area contributed by atoms with Gasteiger partial charge in [-0.2, -0.15) is 0 Å². The molecular weight excluding hydrogens is 232 g/mol. The molecule has 2 heteroatoms. The Morgan fingerprint density at radius 3 is 2.47 bits per heavy atom. The summed E-state index contributed by atoms with van der Waals surface area (Å²) in [6, 6.07) is 12.6. The molecule has 0 spiro atoms. The van der Waals surface area contributed by atoms with Crippen LogP contribution in [0, 0.1) is 0 Å². The number of rotatable bonds is 3. The van der Waals surface area contributed by atoms with Crippen molar-refractivity contribution in [3.05, 3.63) is 60.7 Å². The predicted octanol–water partition coefficient (Wildman–Crippen LogP) is 4.25. The van der Waals surface area contributed by atoms with E-state index in [4.69, 9.17) is 0 Å². The second-order valence-corrected chi connectivity index (χ2v) is 4.45. The van der Waals surface area contributed by atoms with Crippen LogP contribution in [0.1, 0.15) is 11.1 Å². The molecule has 3 rings (SSSR count). The molecule has 1 N–H and O–H groups in total. The molecule has 94 valence electrons. The first-order valence-corrected chi connectivity index (χ1v) is 6.30. The van der Waals surface area contributed by atoms with E-state index in [0.717, 1.165) is 16.6 Å². The van der Waals surface area contributed by atoms with Crippen molar-refractivity contribution < 1.29 is 0 Å². The van der Waals surface area contributed by atoms with Gasteiger partial charge in [0.2, 0.25) is 0 Å². The number of benzene rings is 2. The summed E-state index contributed by atoms with van der Waals surface area (Å²) in [4.78, 5) is 0. The second-order valence-electron chi connectivity index (χ2n) is 4.45. The van der Waals surface area contributed by atoms with Gasteiger partial charge in [0.05, 0.1) is 11.0 Å². The Balaban J connectivity index is 2.62. The zero-order valence-electron chi connectivity index (χ0n) is 11.0. The van der Waals surface area contributed by atoms with E-state index in [1.165, 1.54) is 16.3 Å². The fraction of sp³-hybridized carbons (Fsp3) is 0.0588. The van der Waals surface area contributed by atoms with Gasteiger partial charge in [0.25, 0.3) is 0 Å². The van der Waals surface area contributed by atoms with Crippen molar-refractivity contribution in [2.24, 2.45) is 0 Å². The maximum atomic E-state index is 3.95. The van der Waals surface area contributed by atoms with Crippen LogP contribution in [0.2, 0.25) is 0 Å². The van der Waals surface area contributed by atoms with Crippen LogP contribution in [0.15, 0.2) is 49.6 Å². The van der Waals surface area contributed by atoms with Crippen molar-refractivity contribution in [3.8, 4) is 0 Å². The zero-order chi connectivity index (χ0) is 13.4. The SMILES string of the molecule is C=Cc1ccc2c3ccccc3n(NC)c2c1C=C. The highest BCUT2D eigenvalue weighted by Crippen LogP contribution is 2.32. The number of hydrogen-bond acceptors (Lipinski definition) is 1. The molecule has 0 aliphatic heterocycles. The second kappa shape index (κ2) is 4.32. The standard InChI is InChI=1S/C17H16N2/c1-4-12-10-11-15-14-8-6-7-9-16(14)19(18-3)17(15)13(12)5-2/h4-11,18H,1-2H2,3H3. The van der Waals surface area contributed by atoms with Crippen LogP contribution in [0.25, 0.3) is 34.0 Å². The Hall–Kier alpha value is -2.48. The lowest BCUT2D eigenvalue weighted by Crippen LogP contribution is -2.08. The van der Waals surface area contributed by atoms with E-state index in [1.807, 2.05) is 19.2 Å². The molecule has 0 bridgehead atoms. The van der Waals surface area contributed by atoms with Crippen molar-refractivity contribution in [1.82, 2.24) is 4.68 Å². The maximum absolute atomic E-state index is 3.95. The van der Waals surface area contributed by atoms with Gasteiger partial charge in [0.15, 0.2) is 0 Å². The van der Waals surface area contributed by atoms with Crippen molar-refractivity contribution in [3.63, 3.8) is 0 Å². The van der Waals surface area contributed by atoms with E-state index in [1.54, 1.807) is 0 Å². The molecule has 0 amide bonds. The van der Waals surface area contributed by atoms with Gasteiger partial charge >= 0.3 is 0 Å². The molecule has 19 heavy (non-hydrogen) atoms. The zero-order valence-corrected chi connectivity index (χ0v) is 11.0. The lowest BCUT2D eigenvalue weighted by molar-refractivity contribution is 1.02. The summed E-state index contributed by atoms with van der Waals surface area (Å²) < 4.78 is 2.11. The van der Waals surface area contributed by atoms with Crippen LogP contribution < -0.4 is 5.43 Å². The summed E-state index contributed by atoms with van der Waals surface area (Å²) >= 11 is 0. The number of hydrogen-bond donors (Lipinski definition) is 1. The van der Waals surface area contributed by atoms with E-state index >= 15 is 0 Å². The molecule has 0 aliphatic carbocycles. The Bertz CT molecular complexity index is 794. The Morgan fingerprint density at radius 2 is 1.79 bits per heavy atom. The molecule has 0 saturated heterocycles. The summed E-state index contributed by atoms with van der Waals surface area (Å²) in [5, 5.41) is 2.47. The van der Waals surface area contributed by atoms with E-state index < -0.39 is 0 Å². The number of fused-ring (bicyclic) bond motifs is 3. The summed E-state index contributed by atoms with van der Waals surface area (Å²) in [7, 11) is 1.93. The van der Waals surface area contributed by atoms with Crippen LogP contribution in [0.4, 0.5) is 0 Å². The van der Waals surface area contributed by atoms with Gasteiger partial charge in [-0.3, -0.25) is 4.68 Å². The van der Waals surface area contributed by atoms with E-state index in [9.17, 15) is 0 Å². The Labute approximate surface area is 112 Å². The summed E-state index contributed by atoms with van der Waals surface area (Å²) in [6.45, 7) is 7.82. The van der Waals surface area contributed by atoms with Crippen LogP contribution >= 0.6 is 0 Å². The molecule has 0 atom stereocenters. The third-order valence-electron chi connectivity index (χ3n) is 3.56.